The molecule has 1 aliphatic rings. The van der Waals surface area contributed by atoms with Gasteiger partial charge in [0.2, 0.25) is 11.1 Å². The molecule has 5 rings (SSSR count). The summed E-state index contributed by atoms with van der Waals surface area (Å²) >= 11 is 9.38. The van der Waals surface area contributed by atoms with Gasteiger partial charge in [-0.25, -0.2) is 4.68 Å². The number of nitrogens with one attached hydrogen (secondary N) is 2. The van der Waals surface area contributed by atoms with Gasteiger partial charge in [0.1, 0.15) is 11.8 Å². The zero-order chi connectivity index (χ0) is 24.4. The van der Waals surface area contributed by atoms with Crippen LogP contribution in [0, 0.1) is 0 Å². The summed E-state index contributed by atoms with van der Waals surface area (Å²) in [7, 11) is 1.58. The third-order valence-corrected chi connectivity index (χ3v) is 7.74. The molecule has 0 aliphatic carbocycles. The van der Waals surface area contributed by atoms with Crippen LogP contribution in [0.1, 0.15) is 23.4 Å². The fourth-order valence-electron chi connectivity index (χ4n) is 3.89. The lowest BCUT2D eigenvalue weighted by Gasteiger charge is -2.27. The first kappa shape index (κ1) is 23.5. The summed E-state index contributed by atoms with van der Waals surface area (Å²) in [6.45, 7) is 1.88. The molecule has 1 aliphatic heterocycles. The van der Waals surface area contributed by atoms with Crippen molar-refractivity contribution >= 4 is 52.2 Å². The maximum atomic E-state index is 13.6. The molecule has 2 aromatic heterocycles. The normalized spacial score (nSPS) is 14.9. The van der Waals surface area contributed by atoms with Crippen LogP contribution in [0.3, 0.4) is 0 Å². The number of allylic oxidation sites excluding steroid dienone is 1. The average Bonchev–Trinajstić information content (AvgIpc) is 3.53. The maximum absolute atomic E-state index is 13.6. The molecule has 3 heterocycles. The van der Waals surface area contributed by atoms with Crippen molar-refractivity contribution in [3.63, 3.8) is 0 Å². The smallest absolute Gasteiger partial charge is 0.256 e. The Labute approximate surface area is 216 Å². The molecule has 2 N–H and O–H groups in total. The summed E-state index contributed by atoms with van der Waals surface area (Å²) < 4.78 is 7.19. The van der Waals surface area contributed by atoms with Gasteiger partial charge in [-0.15, -0.1) is 16.4 Å². The highest BCUT2D eigenvalue weighted by atomic mass is 35.5. The molecule has 0 saturated heterocycles. The number of nitrogens with zero attached hydrogens (tertiary/aromatic N) is 3. The molecule has 1 unspecified atom stereocenters. The molecular weight excluding hydrogens is 502 g/mol. The molecule has 7 nitrogen and oxygen atoms in total. The van der Waals surface area contributed by atoms with Gasteiger partial charge in [-0.3, -0.25) is 4.79 Å². The Morgan fingerprint density at radius 3 is 2.77 bits per heavy atom. The zero-order valence-electron chi connectivity index (χ0n) is 19.0. The summed E-state index contributed by atoms with van der Waals surface area (Å²) in [4.78, 5) is 19.3. The molecule has 4 aromatic rings. The van der Waals surface area contributed by atoms with Crippen molar-refractivity contribution in [3.05, 3.63) is 92.8 Å². The Balaban J connectivity index is 1.46. The average molecular weight is 524 g/mol. The number of benzene rings is 2. The number of fused-ring (bicyclic) bond motifs is 1. The predicted octanol–water partition coefficient (Wildman–Crippen LogP) is 6.22. The van der Waals surface area contributed by atoms with E-state index < -0.39 is 6.04 Å². The molecule has 1 amide bonds. The molecule has 0 saturated carbocycles. The van der Waals surface area contributed by atoms with E-state index in [9.17, 15) is 4.79 Å². The van der Waals surface area contributed by atoms with E-state index in [0.29, 0.717) is 38.9 Å². The first-order valence-corrected chi connectivity index (χ1v) is 13.1. The first-order valence-electron chi connectivity index (χ1n) is 10.8. The summed E-state index contributed by atoms with van der Waals surface area (Å²) in [6, 6.07) is 18.6. The lowest BCUT2D eigenvalue weighted by Crippen LogP contribution is -2.31. The van der Waals surface area contributed by atoms with Gasteiger partial charge in [0.15, 0.2) is 0 Å². The largest absolute Gasteiger partial charge is 0.495 e. The third kappa shape index (κ3) is 4.80. The van der Waals surface area contributed by atoms with E-state index in [1.165, 1.54) is 11.8 Å². The van der Waals surface area contributed by atoms with Crippen molar-refractivity contribution in [2.24, 2.45) is 0 Å². The standard InChI is InChI=1S/C25H22ClN5O2S2/c1-15-21(23(32)28-18-10-5-6-11-19(18)33-2)22(20-12-7-13-34-20)31-24(27-15)29-25(30-31)35-14-16-8-3-4-9-17(16)26/h3-13,22H,14H2,1-2H3,(H,28,32)(H,27,29,30). The molecule has 0 fully saturated rings. The summed E-state index contributed by atoms with van der Waals surface area (Å²) in [5, 5.41) is 14.4. The number of methoxy groups -OCH3 is 1. The van der Waals surface area contributed by atoms with Gasteiger partial charge in [0.05, 0.1) is 18.4 Å². The summed E-state index contributed by atoms with van der Waals surface area (Å²) in [5.74, 6) is 1.59. The number of rotatable bonds is 7. The van der Waals surface area contributed by atoms with Crippen molar-refractivity contribution in [2.75, 3.05) is 17.7 Å². The number of anilines is 2. The van der Waals surface area contributed by atoms with Gasteiger partial charge < -0.3 is 15.4 Å². The van der Waals surface area contributed by atoms with Gasteiger partial charge in [0.25, 0.3) is 5.91 Å². The highest BCUT2D eigenvalue weighted by molar-refractivity contribution is 7.98. The highest BCUT2D eigenvalue weighted by Crippen LogP contribution is 2.39. The second kappa shape index (κ2) is 10.2. The number of para-hydroxylation sites is 2. The maximum Gasteiger partial charge on any atom is 0.256 e. The molecule has 0 spiro atoms. The van der Waals surface area contributed by atoms with Gasteiger partial charge in [0, 0.05) is 21.3 Å². The van der Waals surface area contributed by atoms with E-state index in [1.807, 2.05) is 73.0 Å². The van der Waals surface area contributed by atoms with Crippen LogP contribution in [-0.4, -0.2) is 27.8 Å². The van der Waals surface area contributed by atoms with Crippen molar-refractivity contribution in [3.8, 4) is 5.75 Å². The molecular formula is C25H22ClN5O2S2. The number of carbonyl (C=O) groups is 1. The number of carbonyl (C=O) groups excluding carboxylic acids is 1. The summed E-state index contributed by atoms with van der Waals surface area (Å²) in [5.41, 5.74) is 2.91. The molecule has 178 valence electrons. The lowest BCUT2D eigenvalue weighted by molar-refractivity contribution is -0.113. The van der Waals surface area contributed by atoms with Crippen molar-refractivity contribution in [1.29, 1.82) is 0 Å². The number of hydrogen-bond donors (Lipinski definition) is 2. The van der Waals surface area contributed by atoms with Crippen LogP contribution in [0.5, 0.6) is 5.75 Å². The molecule has 35 heavy (non-hydrogen) atoms. The Kier molecular flexibility index (Phi) is 6.81. The second-order valence-electron chi connectivity index (χ2n) is 7.78. The Bertz CT molecular complexity index is 1400. The lowest BCUT2D eigenvalue weighted by atomic mass is 10.0. The monoisotopic (exact) mass is 523 g/mol. The number of aromatic nitrogens is 3. The van der Waals surface area contributed by atoms with E-state index in [0.717, 1.165) is 16.1 Å². The quantitative estimate of drug-likeness (QED) is 0.280. The molecule has 0 bridgehead atoms. The molecule has 2 aromatic carbocycles. The topological polar surface area (TPSA) is 81.1 Å². The van der Waals surface area contributed by atoms with Crippen LogP contribution in [0.25, 0.3) is 0 Å². The first-order chi connectivity index (χ1) is 17.0. The number of thiophene rings is 1. The minimum Gasteiger partial charge on any atom is -0.495 e. The van der Waals surface area contributed by atoms with Crippen LogP contribution >= 0.6 is 34.7 Å². The van der Waals surface area contributed by atoms with Gasteiger partial charge in [-0.05, 0) is 42.1 Å². The molecule has 1 atom stereocenters. The van der Waals surface area contributed by atoms with E-state index in [2.05, 4.69) is 10.6 Å². The number of hydrogen-bond acceptors (Lipinski definition) is 7. The second-order valence-corrected chi connectivity index (χ2v) is 10.1. The number of thioether (sulfide) groups is 1. The Morgan fingerprint density at radius 2 is 2.00 bits per heavy atom. The number of ether oxygens (including phenoxy) is 1. The SMILES string of the molecule is COc1ccccc1NC(=O)C1=C(C)Nc2nc(SCc3ccccc3Cl)nn2C1c1cccs1. The number of amides is 1. The highest BCUT2D eigenvalue weighted by Gasteiger charge is 2.35. The van der Waals surface area contributed by atoms with Crippen molar-refractivity contribution in [2.45, 2.75) is 23.9 Å². The van der Waals surface area contributed by atoms with Crippen molar-refractivity contribution < 1.29 is 9.53 Å². The molecule has 0 radical (unpaired) electrons. The van der Waals surface area contributed by atoms with Crippen LogP contribution in [0.15, 0.2) is 82.5 Å². The van der Waals surface area contributed by atoms with Crippen LogP contribution < -0.4 is 15.4 Å². The fraction of sp³-hybridized carbons (Fsp3) is 0.160. The third-order valence-electron chi connectivity index (χ3n) is 5.56. The molecule has 10 heteroatoms. The zero-order valence-corrected chi connectivity index (χ0v) is 21.4. The van der Waals surface area contributed by atoms with Gasteiger partial charge >= 0.3 is 0 Å². The van der Waals surface area contributed by atoms with E-state index >= 15 is 0 Å². The van der Waals surface area contributed by atoms with Crippen LogP contribution in [-0.2, 0) is 10.5 Å². The van der Waals surface area contributed by atoms with Crippen LogP contribution in [0.2, 0.25) is 5.02 Å². The van der Waals surface area contributed by atoms with Gasteiger partial charge in [-0.2, -0.15) is 4.98 Å². The predicted molar refractivity (Wildman–Crippen MR) is 141 cm³/mol. The minimum atomic E-state index is -0.414. The fourth-order valence-corrected chi connectivity index (χ4v) is 5.82. The minimum absolute atomic E-state index is 0.232. The van der Waals surface area contributed by atoms with Gasteiger partial charge in [-0.1, -0.05) is 59.8 Å². The number of halogens is 1. The van der Waals surface area contributed by atoms with Crippen molar-refractivity contribution in [1.82, 2.24) is 14.8 Å². The Morgan fingerprint density at radius 1 is 1.20 bits per heavy atom. The summed E-state index contributed by atoms with van der Waals surface area (Å²) in [6.07, 6.45) is 0. The van der Waals surface area contributed by atoms with Crippen LogP contribution in [0.4, 0.5) is 11.6 Å². The van der Waals surface area contributed by atoms with E-state index in [1.54, 1.807) is 23.1 Å². The van der Waals surface area contributed by atoms with E-state index in [4.69, 9.17) is 26.4 Å². The van der Waals surface area contributed by atoms with E-state index in [-0.39, 0.29) is 5.91 Å². The Hall–Kier alpha value is -3.27.